The van der Waals surface area contributed by atoms with E-state index in [0.29, 0.717) is 16.8 Å². The van der Waals surface area contributed by atoms with Crippen LogP contribution in [0.4, 0.5) is 5.69 Å². The Labute approximate surface area is 182 Å². The van der Waals surface area contributed by atoms with Crippen LogP contribution in [0.1, 0.15) is 34.5 Å². The number of hydrogen-bond donors (Lipinski definition) is 1. The number of aromatic nitrogens is 2. The van der Waals surface area contributed by atoms with Gasteiger partial charge in [0.1, 0.15) is 11.6 Å². The number of nitrogens with two attached hydrogens (primary N) is 1. The molecule has 0 saturated heterocycles. The van der Waals surface area contributed by atoms with Crippen molar-refractivity contribution in [1.82, 2.24) is 9.78 Å². The summed E-state index contributed by atoms with van der Waals surface area (Å²) >= 11 is 0. The maximum Gasteiger partial charge on any atom is 0.359 e. The van der Waals surface area contributed by atoms with E-state index in [-0.39, 0.29) is 35.3 Å². The van der Waals surface area contributed by atoms with Gasteiger partial charge in [-0.05, 0) is 24.6 Å². The van der Waals surface area contributed by atoms with Gasteiger partial charge in [-0.1, -0.05) is 30.3 Å². The second-order valence-corrected chi connectivity index (χ2v) is 6.81. The fourth-order valence-electron chi connectivity index (χ4n) is 3.55. The van der Waals surface area contributed by atoms with Crippen molar-refractivity contribution in [1.29, 1.82) is 5.26 Å². The molecule has 0 amide bonds. The molecule has 2 aromatic carbocycles. The molecule has 160 valence electrons. The summed E-state index contributed by atoms with van der Waals surface area (Å²) in [5, 5.41) is 25.3. The van der Waals surface area contributed by atoms with E-state index >= 15 is 0 Å². The van der Waals surface area contributed by atoms with E-state index in [2.05, 4.69) is 5.10 Å². The molecule has 0 aliphatic carbocycles. The van der Waals surface area contributed by atoms with Gasteiger partial charge in [0.15, 0.2) is 5.69 Å². The second kappa shape index (κ2) is 8.23. The third-order valence-corrected chi connectivity index (χ3v) is 4.95. The van der Waals surface area contributed by atoms with E-state index in [9.17, 15) is 20.2 Å². The van der Waals surface area contributed by atoms with Crippen LogP contribution >= 0.6 is 0 Å². The molecule has 2 N–H and O–H groups in total. The summed E-state index contributed by atoms with van der Waals surface area (Å²) in [5.74, 6) is -1.50. The minimum atomic E-state index is -0.832. The molecule has 2 heterocycles. The third kappa shape index (κ3) is 3.41. The number of nitrogens with zero attached hydrogens (tertiary/aromatic N) is 4. The predicted molar refractivity (Wildman–Crippen MR) is 112 cm³/mol. The van der Waals surface area contributed by atoms with Crippen molar-refractivity contribution in [3.8, 4) is 17.6 Å². The summed E-state index contributed by atoms with van der Waals surface area (Å²) in [4.78, 5) is 23.3. The molecular formula is C22H17N5O5. The second-order valence-electron chi connectivity index (χ2n) is 6.81. The van der Waals surface area contributed by atoms with Crippen LogP contribution in [0.2, 0.25) is 0 Å². The maximum absolute atomic E-state index is 12.8. The Bertz CT molecular complexity index is 1270. The molecule has 1 aliphatic rings. The first-order valence-corrected chi connectivity index (χ1v) is 9.63. The van der Waals surface area contributed by atoms with Crippen molar-refractivity contribution in [3.63, 3.8) is 0 Å². The molecule has 10 nitrogen and oxygen atoms in total. The van der Waals surface area contributed by atoms with Crippen LogP contribution in [0.3, 0.4) is 0 Å². The van der Waals surface area contributed by atoms with E-state index in [1.54, 1.807) is 31.2 Å². The first-order chi connectivity index (χ1) is 15.5. The Morgan fingerprint density at radius 1 is 1.28 bits per heavy atom. The summed E-state index contributed by atoms with van der Waals surface area (Å²) in [7, 11) is 0. The molecule has 4 rings (SSSR count). The van der Waals surface area contributed by atoms with Gasteiger partial charge >= 0.3 is 5.97 Å². The van der Waals surface area contributed by atoms with Crippen LogP contribution in [0, 0.1) is 21.4 Å². The van der Waals surface area contributed by atoms with Gasteiger partial charge in [0.05, 0.1) is 28.7 Å². The van der Waals surface area contributed by atoms with E-state index < -0.39 is 16.8 Å². The van der Waals surface area contributed by atoms with Crippen molar-refractivity contribution in [2.75, 3.05) is 6.61 Å². The van der Waals surface area contributed by atoms with E-state index in [0.717, 1.165) is 0 Å². The molecule has 10 heteroatoms. The lowest BCUT2D eigenvalue weighted by atomic mass is 9.84. The lowest BCUT2D eigenvalue weighted by Crippen LogP contribution is -2.23. The molecule has 0 spiro atoms. The van der Waals surface area contributed by atoms with E-state index in [1.165, 1.54) is 28.9 Å². The Hall–Kier alpha value is -4.65. The number of non-ortho nitro benzene ring substituents is 1. The highest BCUT2D eigenvalue weighted by Gasteiger charge is 2.39. The largest absolute Gasteiger partial charge is 0.461 e. The summed E-state index contributed by atoms with van der Waals surface area (Å²) in [5.41, 5.74) is 7.40. The van der Waals surface area contributed by atoms with E-state index in [4.69, 9.17) is 15.2 Å². The number of carbonyl (C=O) groups excluding carboxylic acids is 1. The number of ether oxygens (including phenoxy) is 2. The highest BCUT2D eigenvalue weighted by Crippen LogP contribution is 2.45. The molecule has 0 bridgehead atoms. The third-order valence-electron chi connectivity index (χ3n) is 4.95. The smallest absolute Gasteiger partial charge is 0.359 e. The SMILES string of the molecule is CCOC(=O)c1nn(-c2ccccc2)c2c1C(c1ccc([N+](=O)[O-])cc1)C(C#N)=C(N)O2. The average molecular weight is 431 g/mol. The quantitative estimate of drug-likeness (QED) is 0.368. The molecule has 1 aromatic heterocycles. The summed E-state index contributed by atoms with van der Waals surface area (Å²) in [6, 6.07) is 16.7. The van der Waals surface area contributed by atoms with Crippen LogP contribution < -0.4 is 10.5 Å². The van der Waals surface area contributed by atoms with Gasteiger partial charge in [0.25, 0.3) is 5.69 Å². The fourth-order valence-corrected chi connectivity index (χ4v) is 3.55. The van der Waals surface area contributed by atoms with Crippen molar-refractivity contribution < 1.29 is 19.2 Å². The van der Waals surface area contributed by atoms with Crippen molar-refractivity contribution >= 4 is 11.7 Å². The van der Waals surface area contributed by atoms with Crippen LogP contribution in [-0.2, 0) is 4.74 Å². The van der Waals surface area contributed by atoms with Gasteiger partial charge in [0, 0.05) is 12.1 Å². The highest BCUT2D eigenvalue weighted by atomic mass is 16.6. The van der Waals surface area contributed by atoms with Gasteiger partial charge in [-0.2, -0.15) is 15.0 Å². The van der Waals surface area contributed by atoms with Gasteiger partial charge < -0.3 is 15.2 Å². The minimum Gasteiger partial charge on any atom is -0.461 e. The standard InChI is InChI=1S/C22H17N5O5/c1-2-31-22(28)19-18-17(13-8-10-15(11-9-13)27(29)30)16(12-23)20(24)32-21(18)26(25-19)14-6-4-3-5-7-14/h3-11,17H,2,24H2,1H3. The number of hydrogen-bond acceptors (Lipinski definition) is 8. The first kappa shape index (κ1) is 20.6. The van der Waals surface area contributed by atoms with Crippen LogP contribution in [0.15, 0.2) is 66.1 Å². The molecule has 1 aliphatic heterocycles. The molecule has 0 saturated carbocycles. The normalized spacial score (nSPS) is 14.8. The lowest BCUT2D eigenvalue weighted by Gasteiger charge is -2.24. The Morgan fingerprint density at radius 3 is 2.56 bits per heavy atom. The highest BCUT2D eigenvalue weighted by molar-refractivity contribution is 5.91. The average Bonchev–Trinajstić information content (AvgIpc) is 3.18. The Kier molecular flexibility index (Phi) is 5.30. The number of benzene rings is 2. The number of rotatable bonds is 5. The van der Waals surface area contributed by atoms with Gasteiger partial charge in [-0.15, -0.1) is 0 Å². The Morgan fingerprint density at radius 2 is 1.97 bits per heavy atom. The molecule has 0 radical (unpaired) electrons. The predicted octanol–water partition coefficient (Wildman–Crippen LogP) is 3.18. The molecule has 1 unspecified atom stereocenters. The lowest BCUT2D eigenvalue weighted by molar-refractivity contribution is -0.384. The number of nitro groups is 1. The zero-order valence-corrected chi connectivity index (χ0v) is 16.9. The van der Waals surface area contributed by atoms with Crippen molar-refractivity contribution in [2.45, 2.75) is 12.8 Å². The first-order valence-electron chi connectivity index (χ1n) is 9.63. The van der Waals surface area contributed by atoms with Crippen LogP contribution in [0.25, 0.3) is 5.69 Å². The van der Waals surface area contributed by atoms with Gasteiger partial charge in [-0.3, -0.25) is 10.1 Å². The number of nitro benzene ring substituents is 1. The summed E-state index contributed by atoms with van der Waals surface area (Å²) in [6.45, 7) is 1.79. The Balaban J connectivity index is 1.98. The van der Waals surface area contributed by atoms with Crippen LogP contribution in [0.5, 0.6) is 5.88 Å². The molecule has 32 heavy (non-hydrogen) atoms. The number of esters is 1. The zero-order chi connectivity index (χ0) is 22.8. The maximum atomic E-state index is 12.8. The molecule has 3 aromatic rings. The number of nitriles is 1. The van der Waals surface area contributed by atoms with Crippen LogP contribution in [-0.4, -0.2) is 27.3 Å². The van der Waals surface area contributed by atoms with E-state index in [1.807, 2.05) is 12.1 Å². The minimum absolute atomic E-state index is 0.0331. The fraction of sp³-hybridized carbons (Fsp3) is 0.136. The summed E-state index contributed by atoms with van der Waals surface area (Å²) < 4.78 is 12.4. The van der Waals surface area contributed by atoms with Crippen molar-refractivity contribution in [2.24, 2.45) is 5.73 Å². The molecule has 0 fully saturated rings. The van der Waals surface area contributed by atoms with Gasteiger partial charge in [0.2, 0.25) is 11.8 Å². The number of para-hydroxylation sites is 1. The van der Waals surface area contributed by atoms with Crippen molar-refractivity contribution in [3.05, 3.63) is 93.0 Å². The number of allylic oxidation sites excluding steroid dienone is 1. The van der Waals surface area contributed by atoms with Gasteiger partial charge in [-0.25, -0.2) is 4.79 Å². The number of carbonyl (C=O) groups is 1. The number of fused-ring (bicyclic) bond motifs is 1. The molecule has 1 atom stereocenters. The molecular weight excluding hydrogens is 414 g/mol. The zero-order valence-electron chi connectivity index (χ0n) is 16.9. The topological polar surface area (TPSA) is 146 Å². The summed E-state index contributed by atoms with van der Waals surface area (Å²) in [6.07, 6.45) is 0. The monoisotopic (exact) mass is 431 g/mol.